The van der Waals surface area contributed by atoms with Crippen LogP contribution in [0.5, 0.6) is 0 Å². The summed E-state index contributed by atoms with van der Waals surface area (Å²) in [7, 11) is 3.60. The summed E-state index contributed by atoms with van der Waals surface area (Å²) in [5.41, 5.74) is 0. The molecule has 0 rings (SSSR count). The first kappa shape index (κ1) is 11.2. The highest BCUT2D eigenvalue weighted by Gasteiger charge is 2.01. The predicted octanol–water partition coefficient (Wildman–Crippen LogP) is 0.630. The van der Waals surface area contributed by atoms with Crippen LogP contribution in [0.4, 0.5) is 0 Å². The minimum absolute atomic E-state index is 0.0676. The molecule has 70 valence electrons. The third-order valence-electron chi connectivity index (χ3n) is 1.61. The summed E-state index contributed by atoms with van der Waals surface area (Å²) < 4.78 is 0. The van der Waals surface area contributed by atoms with Gasteiger partial charge >= 0.3 is 0 Å². The second-order valence-electron chi connectivity index (χ2n) is 2.77. The number of rotatable bonds is 5. The van der Waals surface area contributed by atoms with E-state index in [0.717, 1.165) is 13.0 Å². The van der Waals surface area contributed by atoms with Gasteiger partial charge < -0.3 is 5.32 Å². The summed E-state index contributed by atoms with van der Waals surface area (Å²) in [4.78, 5) is 12.9. The van der Waals surface area contributed by atoms with Crippen molar-refractivity contribution in [3.63, 3.8) is 0 Å². The Balaban J connectivity index is 3.45. The molecule has 0 heterocycles. The van der Waals surface area contributed by atoms with Gasteiger partial charge in [0.2, 0.25) is 5.91 Å². The molecular formula is C9H18N2O. The quantitative estimate of drug-likeness (QED) is 0.614. The van der Waals surface area contributed by atoms with E-state index in [1.165, 1.54) is 0 Å². The molecule has 0 aromatic rings. The van der Waals surface area contributed by atoms with Crippen molar-refractivity contribution in [2.24, 2.45) is 0 Å². The van der Waals surface area contributed by atoms with Crippen LogP contribution in [0.15, 0.2) is 12.2 Å². The molecule has 3 heteroatoms. The maximum absolute atomic E-state index is 10.9. The van der Waals surface area contributed by atoms with E-state index in [-0.39, 0.29) is 5.91 Å². The molecule has 3 nitrogen and oxygen atoms in total. The molecule has 0 spiro atoms. The van der Waals surface area contributed by atoms with Gasteiger partial charge in [0.05, 0.1) is 6.54 Å². The number of amides is 1. The maximum Gasteiger partial charge on any atom is 0.233 e. The molecule has 0 aromatic carbocycles. The Morgan fingerprint density at radius 1 is 1.58 bits per heavy atom. The first-order valence-corrected chi connectivity index (χ1v) is 4.21. The zero-order valence-corrected chi connectivity index (χ0v) is 8.13. The Kier molecular flexibility index (Phi) is 6.38. The van der Waals surface area contributed by atoms with Crippen molar-refractivity contribution >= 4 is 5.91 Å². The average Bonchev–Trinajstić information content (AvgIpc) is 2.05. The molecule has 0 saturated carbocycles. The largest absolute Gasteiger partial charge is 0.358 e. The summed E-state index contributed by atoms with van der Waals surface area (Å²) in [6.45, 7) is 3.41. The number of likely N-dealkylation sites (N-methyl/N-ethyl adjacent to an activating group) is 2. The van der Waals surface area contributed by atoms with Crippen molar-refractivity contribution in [1.29, 1.82) is 0 Å². The number of hydrogen-bond acceptors (Lipinski definition) is 2. The summed E-state index contributed by atoms with van der Waals surface area (Å²) >= 11 is 0. The van der Waals surface area contributed by atoms with Gasteiger partial charge in [-0.3, -0.25) is 9.69 Å². The fourth-order valence-electron chi connectivity index (χ4n) is 0.865. The third-order valence-corrected chi connectivity index (χ3v) is 1.61. The van der Waals surface area contributed by atoms with Gasteiger partial charge in [-0.25, -0.2) is 0 Å². The number of carbonyl (C=O) groups excluding carboxylic acids is 1. The number of carbonyl (C=O) groups is 1. The van der Waals surface area contributed by atoms with E-state index in [4.69, 9.17) is 0 Å². The van der Waals surface area contributed by atoms with Gasteiger partial charge in [-0.05, 0) is 20.4 Å². The molecule has 0 atom stereocenters. The van der Waals surface area contributed by atoms with Crippen molar-refractivity contribution in [1.82, 2.24) is 10.2 Å². The van der Waals surface area contributed by atoms with Crippen molar-refractivity contribution in [2.45, 2.75) is 13.3 Å². The molecule has 0 aliphatic heterocycles. The van der Waals surface area contributed by atoms with Crippen LogP contribution < -0.4 is 5.32 Å². The lowest BCUT2D eigenvalue weighted by Crippen LogP contribution is -2.33. The topological polar surface area (TPSA) is 32.3 Å². The van der Waals surface area contributed by atoms with E-state index in [1.54, 1.807) is 7.05 Å². The minimum Gasteiger partial charge on any atom is -0.358 e. The van der Waals surface area contributed by atoms with Crippen LogP contribution in [0.2, 0.25) is 0 Å². The number of allylic oxidation sites excluding steroid dienone is 1. The van der Waals surface area contributed by atoms with E-state index >= 15 is 0 Å². The van der Waals surface area contributed by atoms with Crippen LogP contribution in [-0.2, 0) is 4.79 Å². The Labute approximate surface area is 74.4 Å². The van der Waals surface area contributed by atoms with Gasteiger partial charge in [0.1, 0.15) is 0 Å². The SMILES string of the molecule is C/C=C\CCN(C)CC(=O)NC. The number of nitrogens with zero attached hydrogens (tertiary/aromatic N) is 1. The highest BCUT2D eigenvalue weighted by atomic mass is 16.1. The predicted molar refractivity (Wildman–Crippen MR) is 51.0 cm³/mol. The van der Waals surface area contributed by atoms with E-state index in [1.807, 2.05) is 24.9 Å². The molecule has 0 aliphatic carbocycles. The molecule has 0 fully saturated rings. The highest BCUT2D eigenvalue weighted by molar-refractivity contribution is 5.77. The Morgan fingerprint density at radius 2 is 2.25 bits per heavy atom. The molecule has 0 bridgehead atoms. The van der Waals surface area contributed by atoms with E-state index in [0.29, 0.717) is 6.54 Å². The van der Waals surface area contributed by atoms with Crippen molar-refractivity contribution < 1.29 is 4.79 Å². The van der Waals surface area contributed by atoms with Crippen molar-refractivity contribution in [2.75, 3.05) is 27.2 Å². The van der Waals surface area contributed by atoms with Gasteiger partial charge in [-0.1, -0.05) is 12.2 Å². The molecule has 0 unspecified atom stereocenters. The van der Waals surface area contributed by atoms with Gasteiger partial charge in [-0.2, -0.15) is 0 Å². The molecule has 12 heavy (non-hydrogen) atoms. The van der Waals surface area contributed by atoms with Gasteiger partial charge in [0.25, 0.3) is 0 Å². The summed E-state index contributed by atoms with van der Waals surface area (Å²) in [5, 5.41) is 2.59. The Hall–Kier alpha value is -0.830. The highest BCUT2D eigenvalue weighted by Crippen LogP contribution is 1.88. The zero-order chi connectivity index (χ0) is 9.40. The standard InChI is InChI=1S/C9H18N2O/c1-4-5-6-7-11(3)8-9(12)10-2/h4-5H,6-8H2,1-3H3,(H,10,12)/b5-4-. The molecular weight excluding hydrogens is 152 g/mol. The lowest BCUT2D eigenvalue weighted by molar-refractivity contribution is -0.121. The van der Waals surface area contributed by atoms with E-state index in [9.17, 15) is 4.79 Å². The normalized spacial score (nSPS) is 11.0. The van der Waals surface area contributed by atoms with Gasteiger partial charge in [0.15, 0.2) is 0 Å². The van der Waals surface area contributed by atoms with Crippen LogP contribution in [0, 0.1) is 0 Å². The van der Waals surface area contributed by atoms with Crippen LogP contribution >= 0.6 is 0 Å². The smallest absolute Gasteiger partial charge is 0.233 e. The lowest BCUT2D eigenvalue weighted by atomic mass is 10.3. The maximum atomic E-state index is 10.9. The molecule has 0 aliphatic rings. The molecule has 1 amide bonds. The minimum atomic E-state index is 0.0676. The number of hydrogen-bond donors (Lipinski definition) is 1. The first-order valence-electron chi connectivity index (χ1n) is 4.21. The van der Waals surface area contributed by atoms with Crippen molar-refractivity contribution in [3.05, 3.63) is 12.2 Å². The van der Waals surface area contributed by atoms with Gasteiger partial charge in [0, 0.05) is 13.6 Å². The monoisotopic (exact) mass is 170 g/mol. The van der Waals surface area contributed by atoms with Crippen LogP contribution in [0.3, 0.4) is 0 Å². The number of nitrogens with one attached hydrogen (secondary N) is 1. The van der Waals surface area contributed by atoms with Crippen LogP contribution in [-0.4, -0.2) is 38.0 Å². The van der Waals surface area contributed by atoms with Crippen LogP contribution in [0.1, 0.15) is 13.3 Å². The van der Waals surface area contributed by atoms with Gasteiger partial charge in [-0.15, -0.1) is 0 Å². The molecule has 0 radical (unpaired) electrons. The Bertz CT molecular complexity index is 155. The molecule has 1 N–H and O–H groups in total. The Morgan fingerprint density at radius 3 is 2.75 bits per heavy atom. The summed E-state index contributed by atoms with van der Waals surface area (Å²) in [5.74, 6) is 0.0676. The summed E-state index contributed by atoms with van der Waals surface area (Å²) in [6, 6.07) is 0. The van der Waals surface area contributed by atoms with E-state index in [2.05, 4.69) is 11.4 Å². The van der Waals surface area contributed by atoms with Crippen molar-refractivity contribution in [3.8, 4) is 0 Å². The first-order chi connectivity index (χ1) is 5.70. The van der Waals surface area contributed by atoms with Crippen LogP contribution in [0.25, 0.3) is 0 Å². The fraction of sp³-hybridized carbons (Fsp3) is 0.667. The summed E-state index contributed by atoms with van der Waals surface area (Å²) in [6.07, 6.45) is 5.12. The lowest BCUT2D eigenvalue weighted by Gasteiger charge is -2.13. The molecule has 0 saturated heterocycles. The third kappa shape index (κ3) is 5.92. The fourth-order valence-corrected chi connectivity index (χ4v) is 0.865. The second kappa shape index (κ2) is 6.85. The second-order valence-corrected chi connectivity index (χ2v) is 2.77. The zero-order valence-electron chi connectivity index (χ0n) is 8.13. The molecule has 0 aromatic heterocycles. The van der Waals surface area contributed by atoms with E-state index < -0.39 is 0 Å². The average molecular weight is 170 g/mol.